The molecule has 1 spiro atoms. The van der Waals surface area contributed by atoms with Crippen LogP contribution in [0.4, 0.5) is 0 Å². The molecule has 5 rings (SSSR count). The number of piperidine rings is 1. The summed E-state index contributed by atoms with van der Waals surface area (Å²) in [4.78, 5) is 22.0. The molecule has 132 valence electrons. The van der Waals surface area contributed by atoms with E-state index in [9.17, 15) is 4.79 Å². The molecule has 1 fully saturated rings. The van der Waals surface area contributed by atoms with Crippen molar-refractivity contribution >= 4 is 5.91 Å². The third kappa shape index (κ3) is 2.41. The van der Waals surface area contributed by atoms with E-state index < -0.39 is 0 Å². The SMILES string of the molecule is O=C(c1cc[nH]c1)N1CCC2(CC1)Cc1nccn1-c1ccccc1O2. The maximum absolute atomic E-state index is 12.6. The molecule has 6 heteroatoms. The zero-order valence-electron chi connectivity index (χ0n) is 14.4. The number of benzene rings is 1. The molecule has 6 nitrogen and oxygen atoms in total. The summed E-state index contributed by atoms with van der Waals surface area (Å²) in [5.74, 6) is 1.98. The van der Waals surface area contributed by atoms with Gasteiger partial charge in [0, 0.05) is 57.1 Å². The number of nitrogens with zero attached hydrogens (tertiary/aromatic N) is 3. The highest BCUT2D eigenvalue weighted by molar-refractivity contribution is 5.94. The summed E-state index contributed by atoms with van der Waals surface area (Å²) in [7, 11) is 0. The Balaban J connectivity index is 1.42. The standard InChI is InChI=1S/C20H20N4O2/c25-19(15-5-8-21-14-15)23-10-6-20(7-11-23)13-18-22-9-12-24(18)16-3-1-2-4-17(16)26-20/h1-5,8-9,12,14,21H,6-7,10-11,13H2. The molecule has 0 saturated carbocycles. The van der Waals surface area contributed by atoms with Gasteiger partial charge in [0.1, 0.15) is 17.2 Å². The fraction of sp³-hybridized carbons (Fsp3) is 0.300. The molecule has 0 bridgehead atoms. The monoisotopic (exact) mass is 348 g/mol. The van der Waals surface area contributed by atoms with Crippen LogP contribution in [-0.2, 0) is 6.42 Å². The van der Waals surface area contributed by atoms with Crippen LogP contribution in [0, 0.1) is 0 Å². The Morgan fingerprint density at radius 2 is 2.04 bits per heavy atom. The molecule has 4 heterocycles. The normalized spacial score (nSPS) is 17.9. The topological polar surface area (TPSA) is 63.2 Å². The summed E-state index contributed by atoms with van der Waals surface area (Å²) in [5.41, 5.74) is 1.43. The first-order valence-corrected chi connectivity index (χ1v) is 8.97. The van der Waals surface area contributed by atoms with Gasteiger partial charge in [-0.1, -0.05) is 12.1 Å². The second kappa shape index (κ2) is 5.76. The molecule has 1 amide bonds. The number of H-pyrrole nitrogens is 1. The van der Waals surface area contributed by atoms with E-state index in [4.69, 9.17) is 4.74 Å². The number of carbonyl (C=O) groups excluding carboxylic acids is 1. The van der Waals surface area contributed by atoms with Crippen molar-refractivity contribution < 1.29 is 9.53 Å². The number of para-hydroxylation sites is 2. The Morgan fingerprint density at radius 1 is 1.19 bits per heavy atom. The number of amides is 1. The van der Waals surface area contributed by atoms with Gasteiger partial charge in [0.2, 0.25) is 0 Å². The number of aromatic nitrogens is 3. The lowest BCUT2D eigenvalue weighted by molar-refractivity contribution is 0.00485. The van der Waals surface area contributed by atoms with Crippen LogP contribution in [0.3, 0.4) is 0 Å². The summed E-state index contributed by atoms with van der Waals surface area (Å²) in [5, 5.41) is 0. The summed E-state index contributed by atoms with van der Waals surface area (Å²) in [6, 6.07) is 9.91. The van der Waals surface area contributed by atoms with Crippen molar-refractivity contribution in [2.24, 2.45) is 0 Å². The lowest BCUT2D eigenvalue weighted by Gasteiger charge is -2.41. The van der Waals surface area contributed by atoms with Crippen LogP contribution in [0.5, 0.6) is 5.75 Å². The maximum atomic E-state index is 12.6. The zero-order chi connectivity index (χ0) is 17.6. The van der Waals surface area contributed by atoms with E-state index in [2.05, 4.69) is 20.6 Å². The largest absolute Gasteiger partial charge is 0.484 e. The molecule has 2 aliphatic rings. The molecule has 0 atom stereocenters. The van der Waals surface area contributed by atoms with Crippen LogP contribution in [0.1, 0.15) is 29.0 Å². The van der Waals surface area contributed by atoms with Crippen LogP contribution in [0.15, 0.2) is 55.1 Å². The number of carbonyl (C=O) groups is 1. The molecule has 2 aliphatic heterocycles. The number of hydrogen-bond acceptors (Lipinski definition) is 3. The van der Waals surface area contributed by atoms with E-state index in [-0.39, 0.29) is 11.5 Å². The highest BCUT2D eigenvalue weighted by atomic mass is 16.5. The van der Waals surface area contributed by atoms with E-state index in [1.165, 1.54) is 0 Å². The lowest BCUT2D eigenvalue weighted by Crippen LogP contribution is -2.50. The Morgan fingerprint density at radius 3 is 2.85 bits per heavy atom. The Hall–Kier alpha value is -3.02. The predicted molar refractivity (Wildman–Crippen MR) is 96.6 cm³/mol. The Bertz CT molecular complexity index is 936. The first-order chi connectivity index (χ1) is 12.7. The van der Waals surface area contributed by atoms with Crippen LogP contribution in [-0.4, -0.2) is 44.0 Å². The van der Waals surface area contributed by atoms with Gasteiger partial charge >= 0.3 is 0 Å². The van der Waals surface area contributed by atoms with E-state index in [1.54, 1.807) is 12.4 Å². The van der Waals surface area contributed by atoms with Gasteiger partial charge in [0.15, 0.2) is 0 Å². The van der Waals surface area contributed by atoms with Crippen molar-refractivity contribution in [3.8, 4) is 11.4 Å². The van der Waals surface area contributed by atoms with Crippen LogP contribution in [0.25, 0.3) is 5.69 Å². The van der Waals surface area contributed by atoms with Gasteiger partial charge in [-0.05, 0) is 18.2 Å². The third-order valence-corrected chi connectivity index (χ3v) is 5.46. The number of aromatic amines is 1. The number of likely N-dealkylation sites (tertiary alicyclic amines) is 1. The average molecular weight is 348 g/mol. The van der Waals surface area contributed by atoms with Gasteiger partial charge in [-0.15, -0.1) is 0 Å². The highest BCUT2D eigenvalue weighted by Crippen LogP contribution is 2.38. The second-order valence-electron chi connectivity index (χ2n) is 7.03. The van der Waals surface area contributed by atoms with Gasteiger partial charge in [-0.3, -0.25) is 4.79 Å². The lowest BCUT2D eigenvalue weighted by atomic mass is 9.87. The van der Waals surface area contributed by atoms with Crippen molar-refractivity contribution in [3.05, 3.63) is 66.5 Å². The summed E-state index contributed by atoms with van der Waals surface area (Å²) in [6.45, 7) is 1.37. The number of imidazole rings is 1. The van der Waals surface area contributed by atoms with Gasteiger partial charge in [0.25, 0.3) is 5.91 Å². The average Bonchev–Trinajstić information content (AvgIpc) is 3.33. The highest BCUT2D eigenvalue weighted by Gasteiger charge is 2.41. The summed E-state index contributed by atoms with van der Waals surface area (Å²) < 4.78 is 8.65. The predicted octanol–water partition coefficient (Wildman–Crippen LogP) is 2.81. The van der Waals surface area contributed by atoms with Crippen molar-refractivity contribution in [1.82, 2.24) is 19.4 Å². The van der Waals surface area contributed by atoms with Crippen molar-refractivity contribution in [3.63, 3.8) is 0 Å². The molecule has 26 heavy (non-hydrogen) atoms. The summed E-state index contributed by atoms with van der Waals surface area (Å²) in [6.07, 6.45) is 9.71. The van der Waals surface area contributed by atoms with Crippen LogP contribution < -0.4 is 4.74 Å². The van der Waals surface area contributed by atoms with Crippen molar-refractivity contribution in [2.45, 2.75) is 24.9 Å². The smallest absolute Gasteiger partial charge is 0.255 e. The van der Waals surface area contributed by atoms with Crippen LogP contribution in [0.2, 0.25) is 0 Å². The number of rotatable bonds is 1. The third-order valence-electron chi connectivity index (χ3n) is 5.46. The molecule has 1 aromatic carbocycles. The quantitative estimate of drug-likeness (QED) is 0.735. The summed E-state index contributed by atoms with van der Waals surface area (Å²) >= 11 is 0. The molecular formula is C20H20N4O2. The Kier molecular flexibility index (Phi) is 3.38. The number of ether oxygens (including phenoxy) is 1. The van der Waals surface area contributed by atoms with Gasteiger partial charge in [0.05, 0.1) is 11.3 Å². The van der Waals surface area contributed by atoms with E-state index in [1.807, 2.05) is 41.6 Å². The maximum Gasteiger partial charge on any atom is 0.255 e. The van der Waals surface area contributed by atoms with Gasteiger partial charge < -0.3 is 19.2 Å². The molecule has 0 unspecified atom stereocenters. The zero-order valence-corrected chi connectivity index (χ0v) is 14.4. The number of hydrogen-bond donors (Lipinski definition) is 1. The van der Waals surface area contributed by atoms with E-state index in [0.717, 1.165) is 36.5 Å². The minimum absolute atomic E-state index is 0.0802. The minimum atomic E-state index is -0.315. The molecule has 1 N–H and O–H groups in total. The molecule has 0 radical (unpaired) electrons. The fourth-order valence-electron chi connectivity index (χ4n) is 4.02. The molecule has 3 aromatic rings. The van der Waals surface area contributed by atoms with E-state index in [0.29, 0.717) is 18.7 Å². The minimum Gasteiger partial charge on any atom is -0.484 e. The Labute approximate surface area is 151 Å². The number of nitrogens with one attached hydrogen (secondary N) is 1. The first-order valence-electron chi connectivity index (χ1n) is 8.97. The molecule has 0 aliphatic carbocycles. The van der Waals surface area contributed by atoms with Crippen molar-refractivity contribution in [1.29, 1.82) is 0 Å². The first kappa shape index (κ1) is 15.3. The van der Waals surface area contributed by atoms with Gasteiger partial charge in [-0.2, -0.15) is 0 Å². The number of fused-ring (bicyclic) bond motifs is 3. The molecule has 1 saturated heterocycles. The van der Waals surface area contributed by atoms with Crippen molar-refractivity contribution in [2.75, 3.05) is 13.1 Å². The van der Waals surface area contributed by atoms with Crippen LogP contribution >= 0.6 is 0 Å². The van der Waals surface area contributed by atoms with E-state index >= 15 is 0 Å². The second-order valence-corrected chi connectivity index (χ2v) is 7.03. The molecular weight excluding hydrogens is 328 g/mol. The van der Waals surface area contributed by atoms with Gasteiger partial charge in [-0.25, -0.2) is 4.98 Å². The fourth-order valence-corrected chi connectivity index (χ4v) is 4.02. The molecule has 2 aromatic heterocycles.